The van der Waals surface area contributed by atoms with Gasteiger partial charge in [-0.25, -0.2) is 0 Å². The number of halogens is 1. The highest BCUT2D eigenvalue weighted by Crippen LogP contribution is 2.28. The standard InChI is InChI=1S/C13H16ClNO3/c1-3-6-15-13(17)8-18-12-5-4-10(14)7-11(12)9(2)16/h3-5,7,9,16H,1,6,8H2,2H3,(H,15,17). The van der Waals surface area contributed by atoms with Gasteiger partial charge in [-0.05, 0) is 25.1 Å². The molecule has 0 fully saturated rings. The first-order valence-corrected chi connectivity index (χ1v) is 5.90. The molecule has 1 amide bonds. The topological polar surface area (TPSA) is 58.6 Å². The zero-order chi connectivity index (χ0) is 13.5. The van der Waals surface area contributed by atoms with Crippen LogP contribution in [0.25, 0.3) is 0 Å². The van der Waals surface area contributed by atoms with Gasteiger partial charge in [0.2, 0.25) is 0 Å². The number of aliphatic hydroxyl groups excluding tert-OH is 1. The summed E-state index contributed by atoms with van der Waals surface area (Å²) in [5.41, 5.74) is 0.555. The molecule has 1 unspecified atom stereocenters. The Balaban J connectivity index is 2.66. The summed E-state index contributed by atoms with van der Waals surface area (Å²) in [6.07, 6.45) is 0.872. The number of ether oxygens (including phenoxy) is 1. The monoisotopic (exact) mass is 269 g/mol. The van der Waals surface area contributed by atoms with Crippen LogP contribution in [0.15, 0.2) is 30.9 Å². The largest absolute Gasteiger partial charge is 0.483 e. The lowest BCUT2D eigenvalue weighted by molar-refractivity contribution is -0.122. The number of benzene rings is 1. The molecule has 1 atom stereocenters. The minimum atomic E-state index is -0.713. The Labute approximate surface area is 111 Å². The first kappa shape index (κ1) is 14.5. The van der Waals surface area contributed by atoms with Crippen molar-refractivity contribution in [2.75, 3.05) is 13.2 Å². The van der Waals surface area contributed by atoms with E-state index < -0.39 is 6.10 Å². The fourth-order valence-corrected chi connectivity index (χ4v) is 1.54. The molecule has 0 aromatic heterocycles. The normalized spacial score (nSPS) is 11.7. The van der Waals surface area contributed by atoms with Crippen molar-refractivity contribution in [3.63, 3.8) is 0 Å². The zero-order valence-corrected chi connectivity index (χ0v) is 10.9. The Kier molecular flexibility index (Phi) is 5.68. The number of carbonyl (C=O) groups is 1. The first-order valence-electron chi connectivity index (χ1n) is 5.52. The molecule has 18 heavy (non-hydrogen) atoms. The Morgan fingerprint density at radius 2 is 2.39 bits per heavy atom. The van der Waals surface area contributed by atoms with Crippen LogP contribution >= 0.6 is 11.6 Å². The van der Waals surface area contributed by atoms with Crippen molar-refractivity contribution < 1.29 is 14.6 Å². The van der Waals surface area contributed by atoms with Gasteiger partial charge in [0.15, 0.2) is 6.61 Å². The molecule has 0 bridgehead atoms. The minimum Gasteiger partial charge on any atom is -0.483 e. The van der Waals surface area contributed by atoms with Crippen LogP contribution in [0, 0.1) is 0 Å². The fraction of sp³-hybridized carbons (Fsp3) is 0.308. The molecule has 0 saturated carbocycles. The van der Waals surface area contributed by atoms with Gasteiger partial charge >= 0.3 is 0 Å². The first-order chi connectivity index (χ1) is 8.54. The van der Waals surface area contributed by atoms with Gasteiger partial charge in [0.1, 0.15) is 5.75 Å². The molecule has 0 spiro atoms. The lowest BCUT2D eigenvalue weighted by Gasteiger charge is -2.13. The van der Waals surface area contributed by atoms with E-state index in [-0.39, 0.29) is 12.5 Å². The molecule has 0 aliphatic carbocycles. The summed E-state index contributed by atoms with van der Waals surface area (Å²) in [6, 6.07) is 4.89. The molecule has 1 aromatic carbocycles. The predicted octanol–water partition coefficient (Wildman–Crippen LogP) is 2.07. The number of carbonyl (C=O) groups excluding carboxylic acids is 1. The molecule has 0 aliphatic rings. The Bertz CT molecular complexity index is 432. The van der Waals surface area contributed by atoms with E-state index in [4.69, 9.17) is 16.3 Å². The Morgan fingerprint density at radius 3 is 3.00 bits per heavy atom. The third-order valence-electron chi connectivity index (χ3n) is 2.22. The molecule has 2 N–H and O–H groups in total. The summed E-state index contributed by atoms with van der Waals surface area (Å²) in [5.74, 6) is 0.199. The second-order valence-electron chi connectivity index (χ2n) is 3.74. The van der Waals surface area contributed by atoms with Gasteiger partial charge in [-0.2, -0.15) is 0 Å². The average Bonchev–Trinajstić information content (AvgIpc) is 2.34. The van der Waals surface area contributed by atoms with Gasteiger partial charge < -0.3 is 15.2 Å². The van der Waals surface area contributed by atoms with Crippen LogP contribution in [0.4, 0.5) is 0 Å². The van der Waals surface area contributed by atoms with Crippen LogP contribution in [0.2, 0.25) is 5.02 Å². The van der Waals surface area contributed by atoms with Gasteiger partial charge in [0.25, 0.3) is 5.91 Å². The van der Waals surface area contributed by atoms with Crippen molar-refractivity contribution in [1.82, 2.24) is 5.32 Å². The molecule has 1 aromatic rings. The van der Waals surface area contributed by atoms with E-state index in [1.165, 1.54) is 0 Å². The van der Waals surface area contributed by atoms with Crippen molar-refractivity contribution >= 4 is 17.5 Å². The molecule has 5 heteroatoms. The highest BCUT2D eigenvalue weighted by Gasteiger charge is 2.11. The van der Waals surface area contributed by atoms with Crippen molar-refractivity contribution in [2.45, 2.75) is 13.0 Å². The lowest BCUT2D eigenvalue weighted by Crippen LogP contribution is -2.29. The number of hydrogen-bond donors (Lipinski definition) is 2. The maximum atomic E-state index is 11.4. The van der Waals surface area contributed by atoms with Crippen molar-refractivity contribution in [3.05, 3.63) is 41.4 Å². The van der Waals surface area contributed by atoms with Crippen LogP contribution < -0.4 is 10.1 Å². The van der Waals surface area contributed by atoms with E-state index >= 15 is 0 Å². The Hall–Kier alpha value is -1.52. The van der Waals surface area contributed by atoms with Gasteiger partial charge in [0.05, 0.1) is 6.10 Å². The number of nitrogens with one attached hydrogen (secondary N) is 1. The third kappa shape index (κ3) is 4.39. The second-order valence-corrected chi connectivity index (χ2v) is 4.18. The summed E-state index contributed by atoms with van der Waals surface area (Å²) in [5, 5.41) is 12.7. The highest BCUT2D eigenvalue weighted by atomic mass is 35.5. The highest BCUT2D eigenvalue weighted by molar-refractivity contribution is 6.30. The molecule has 0 saturated heterocycles. The van der Waals surface area contributed by atoms with Gasteiger partial charge in [-0.15, -0.1) is 6.58 Å². The molecule has 98 valence electrons. The number of rotatable bonds is 6. The van der Waals surface area contributed by atoms with E-state index in [1.54, 1.807) is 31.2 Å². The molecular weight excluding hydrogens is 254 g/mol. The maximum Gasteiger partial charge on any atom is 0.258 e. The van der Waals surface area contributed by atoms with Crippen LogP contribution in [-0.2, 0) is 4.79 Å². The molecule has 4 nitrogen and oxygen atoms in total. The van der Waals surface area contributed by atoms with Gasteiger partial charge in [-0.1, -0.05) is 17.7 Å². The smallest absolute Gasteiger partial charge is 0.258 e. The van der Waals surface area contributed by atoms with E-state index in [0.29, 0.717) is 22.9 Å². The summed E-state index contributed by atoms with van der Waals surface area (Å²) >= 11 is 5.84. The fourth-order valence-electron chi connectivity index (χ4n) is 1.36. The number of hydrogen-bond acceptors (Lipinski definition) is 3. The van der Waals surface area contributed by atoms with Crippen LogP contribution in [0.1, 0.15) is 18.6 Å². The van der Waals surface area contributed by atoms with E-state index in [0.717, 1.165) is 0 Å². The SMILES string of the molecule is C=CCNC(=O)COc1ccc(Cl)cc1C(C)O. The van der Waals surface area contributed by atoms with Gasteiger partial charge in [-0.3, -0.25) is 4.79 Å². The Morgan fingerprint density at radius 1 is 1.67 bits per heavy atom. The molecule has 1 rings (SSSR count). The zero-order valence-electron chi connectivity index (χ0n) is 10.1. The van der Waals surface area contributed by atoms with E-state index in [2.05, 4.69) is 11.9 Å². The number of aliphatic hydroxyl groups is 1. The summed E-state index contributed by atoms with van der Waals surface area (Å²) in [4.78, 5) is 11.4. The maximum absolute atomic E-state index is 11.4. The lowest BCUT2D eigenvalue weighted by atomic mass is 10.1. The quantitative estimate of drug-likeness (QED) is 0.778. The van der Waals surface area contributed by atoms with E-state index in [1.807, 2.05) is 0 Å². The summed E-state index contributed by atoms with van der Waals surface area (Å²) < 4.78 is 5.35. The molecular formula is C13H16ClNO3. The molecule has 0 radical (unpaired) electrons. The van der Waals surface area contributed by atoms with E-state index in [9.17, 15) is 9.90 Å². The third-order valence-corrected chi connectivity index (χ3v) is 2.46. The summed E-state index contributed by atoms with van der Waals surface area (Å²) in [7, 11) is 0. The second kappa shape index (κ2) is 7.03. The predicted molar refractivity (Wildman–Crippen MR) is 70.8 cm³/mol. The van der Waals surface area contributed by atoms with Crippen LogP contribution in [-0.4, -0.2) is 24.2 Å². The molecule has 0 heterocycles. The minimum absolute atomic E-state index is 0.116. The van der Waals surface area contributed by atoms with Crippen LogP contribution in [0.5, 0.6) is 5.75 Å². The average molecular weight is 270 g/mol. The van der Waals surface area contributed by atoms with Gasteiger partial charge in [0, 0.05) is 17.1 Å². The van der Waals surface area contributed by atoms with Crippen molar-refractivity contribution in [1.29, 1.82) is 0 Å². The molecule has 0 aliphatic heterocycles. The summed E-state index contributed by atoms with van der Waals surface area (Å²) in [6.45, 7) is 5.38. The van der Waals surface area contributed by atoms with Crippen molar-refractivity contribution in [2.24, 2.45) is 0 Å². The van der Waals surface area contributed by atoms with Crippen molar-refractivity contribution in [3.8, 4) is 5.75 Å². The van der Waals surface area contributed by atoms with Crippen LogP contribution in [0.3, 0.4) is 0 Å². The number of amides is 1.